The van der Waals surface area contributed by atoms with Gasteiger partial charge in [-0.25, -0.2) is 15.0 Å². The number of thioether (sulfide) groups is 1. The lowest BCUT2D eigenvalue weighted by molar-refractivity contribution is -0.150. The lowest BCUT2D eigenvalue weighted by Gasteiger charge is -2.49. The van der Waals surface area contributed by atoms with Crippen molar-refractivity contribution in [1.29, 1.82) is 0 Å². The molecular weight excluding hydrogens is 498 g/mol. The van der Waals surface area contributed by atoms with E-state index in [0.29, 0.717) is 0 Å². The molecule has 12 nitrogen and oxygen atoms in total. The van der Waals surface area contributed by atoms with E-state index in [4.69, 9.17) is 4.74 Å². The molecule has 2 aliphatic heterocycles. The normalized spacial score (nSPS) is 19.6. The number of aliphatic carboxylic acids is 1. The van der Waals surface area contributed by atoms with Gasteiger partial charge >= 0.3 is 12.1 Å². The number of thiophene rings is 1. The van der Waals surface area contributed by atoms with Gasteiger partial charge in [0, 0.05) is 16.2 Å². The Labute approximate surface area is 209 Å². The van der Waals surface area contributed by atoms with Gasteiger partial charge < -0.3 is 20.5 Å². The van der Waals surface area contributed by atoms with Gasteiger partial charge in [-0.05, 0) is 32.2 Å². The fourth-order valence-electron chi connectivity index (χ4n) is 3.23. The molecule has 4 amide bonds. The summed E-state index contributed by atoms with van der Waals surface area (Å²) in [7, 11) is 0. The summed E-state index contributed by atoms with van der Waals surface area (Å²) in [5.74, 6) is -2.63. The smallest absolute Gasteiger partial charge is 0.408 e. The van der Waals surface area contributed by atoms with Crippen LogP contribution in [0.15, 0.2) is 33.9 Å². The molecule has 188 valence electrons. The van der Waals surface area contributed by atoms with Crippen molar-refractivity contribution in [2.45, 2.75) is 44.2 Å². The molecule has 1 aromatic rings. The number of fused-ring (bicyclic) bond motifs is 1. The Balaban J connectivity index is 1.56. The van der Waals surface area contributed by atoms with Crippen molar-refractivity contribution in [2.75, 3.05) is 12.3 Å². The standard InChI is InChI=1S/C21H25N5O7S2/c1-21(2,3)33-20(32)22-9-14(28)25-23-8-11-10-35-18-15(17(29)26(18)16(11)19(30)31)24-13(27)7-12-5-4-6-34-12/h4-6,8,15,18H,7,9-10H2,1-3H3,(H,22,32)(H,24,27)(H,25,28)(H,30,31)/t15?,18-/m0/s1. The molecule has 1 unspecified atom stereocenters. The number of hydrogen-bond acceptors (Lipinski definition) is 9. The van der Waals surface area contributed by atoms with Crippen molar-refractivity contribution >= 4 is 59.1 Å². The van der Waals surface area contributed by atoms with Crippen LogP contribution in [0.5, 0.6) is 0 Å². The lowest BCUT2D eigenvalue weighted by Crippen LogP contribution is -2.70. The first kappa shape index (κ1) is 26.2. The first-order valence-electron chi connectivity index (χ1n) is 10.5. The lowest BCUT2D eigenvalue weighted by atomic mass is 10.0. The fraction of sp³-hybridized carbons (Fsp3) is 0.429. The first-order valence-corrected chi connectivity index (χ1v) is 12.4. The number of ether oxygens (including phenoxy) is 1. The maximum atomic E-state index is 12.7. The number of carboxylic acids is 1. The van der Waals surface area contributed by atoms with E-state index in [-0.39, 0.29) is 29.4 Å². The number of β-lactam (4-membered cyclic amide) rings is 1. The van der Waals surface area contributed by atoms with Gasteiger partial charge in [0.1, 0.15) is 29.3 Å². The zero-order valence-corrected chi connectivity index (χ0v) is 20.8. The number of rotatable bonds is 8. The minimum Gasteiger partial charge on any atom is -0.477 e. The van der Waals surface area contributed by atoms with Gasteiger partial charge in [-0.1, -0.05) is 6.07 Å². The van der Waals surface area contributed by atoms with Gasteiger partial charge in [0.05, 0.1) is 12.6 Å². The van der Waals surface area contributed by atoms with Gasteiger partial charge in [0.2, 0.25) is 5.91 Å². The zero-order chi connectivity index (χ0) is 25.8. The number of nitrogens with one attached hydrogen (secondary N) is 3. The van der Waals surface area contributed by atoms with Gasteiger partial charge in [0.15, 0.2) is 0 Å². The van der Waals surface area contributed by atoms with Crippen LogP contribution < -0.4 is 16.1 Å². The number of carbonyl (C=O) groups is 5. The quantitative estimate of drug-likeness (QED) is 0.219. The number of nitrogens with zero attached hydrogens (tertiary/aromatic N) is 2. The molecule has 0 saturated carbocycles. The Morgan fingerprint density at radius 1 is 1.29 bits per heavy atom. The molecule has 0 bridgehead atoms. The third-order valence-electron chi connectivity index (χ3n) is 4.63. The number of hydrogen-bond donors (Lipinski definition) is 4. The van der Waals surface area contributed by atoms with Crippen molar-refractivity contribution < 1.29 is 33.8 Å². The van der Waals surface area contributed by atoms with Crippen LogP contribution in [0.4, 0.5) is 4.79 Å². The predicted octanol–water partition coefficient (Wildman–Crippen LogP) is 0.656. The summed E-state index contributed by atoms with van der Waals surface area (Å²) in [6, 6.07) is 2.82. The van der Waals surface area contributed by atoms with E-state index < -0.39 is 47.4 Å². The summed E-state index contributed by atoms with van der Waals surface area (Å²) in [4.78, 5) is 62.2. The highest BCUT2D eigenvalue weighted by Gasteiger charge is 2.54. The fourth-order valence-corrected chi connectivity index (χ4v) is 5.23. The number of carbonyl (C=O) groups excluding carboxylic acids is 4. The molecule has 0 spiro atoms. The van der Waals surface area contributed by atoms with Crippen LogP contribution in [0.25, 0.3) is 0 Å². The minimum absolute atomic E-state index is 0.140. The number of carboxylic acid groups (broad SMARTS) is 1. The molecule has 3 heterocycles. The topological polar surface area (TPSA) is 166 Å². The highest BCUT2D eigenvalue weighted by molar-refractivity contribution is 8.00. The Morgan fingerprint density at radius 2 is 2.03 bits per heavy atom. The third kappa shape index (κ3) is 6.82. The summed E-state index contributed by atoms with van der Waals surface area (Å²) in [5.41, 5.74) is 1.43. The van der Waals surface area contributed by atoms with E-state index in [1.807, 2.05) is 17.5 Å². The average Bonchev–Trinajstić information content (AvgIpc) is 3.27. The zero-order valence-electron chi connectivity index (χ0n) is 19.2. The predicted molar refractivity (Wildman–Crippen MR) is 129 cm³/mol. The summed E-state index contributed by atoms with van der Waals surface area (Å²) in [6.07, 6.45) is 0.519. The van der Waals surface area contributed by atoms with Crippen LogP contribution >= 0.6 is 23.1 Å². The SMILES string of the molecule is CC(C)(C)OC(=O)NCC(=O)NN=CC1=C(C(=O)O)N2C(=O)C(NC(=O)Cc3cccs3)[C@@H]2SC1. The van der Waals surface area contributed by atoms with Gasteiger partial charge in [0.25, 0.3) is 11.8 Å². The third-order valence-corrected chi connectivity index (χ3v) is 6.81. The van der Waals surface area contributed by atoms with Crippen LogP contribution in [0.1, 0.15) is 25.6 Å². The van der Waals surface area contributed by atoms with E-state index in [9.17, 15) is 29.1 Å². The Bertz CT molecular complexity index is 1080. The van der Waals surface area contributed by atoms with Gasteiger partial charge in [-0.2, -0.15) is 5.10 Å². The number of hydrazone groups is 1. The molecule has 0 aromatic carbocycles. The monoisotopic (exact) mass is 523 g/mol. The van der Waals surface area contributed by atoms with Crippen LogP contribution in [0, 0.1) is 0 Å². The molecular formula is C21H25N5O7S2. The number of amides is 4. The van der Waals surface area contributed by atoms with Crippen LogP contribution in [0.2, 0.25) is 0 Å². The van der Waals surface area contributed by atoms with E-state index in [1.165, 1.54) is 23.1 Å². The van der Waals surface area contributed by atoms with Crippen LogP contribution in [0.3, 0.4) is 0 Å². The highest BCUT2D eigenvalue weighted by atomic mass is 32.2. The highest BCUT2D eigenvalue weighted by Crippen LogP contribution is 2.39. The largest absolute Gasteiger partial charge is 0.477 e. The van der Waals surface area contributed by atoms with E-state index >= 15 is 0 Å². The molecule has 3 rings (SSSR count). The minimum atomic E-state index is -1.33. The molecule has 0 aliphatic carbocycles. The Kier molecular flexibility index (Phi) is 8.17. The van der Waals surface area contributed by atoms with Crippen molar-refractivity contribution in [3.8, 4) is 0 Å². The maximum Gasteiger partial charge on any atom is 0.408 e. The summed E-state index contributed by atoms with van der Waals surface area (Å²) >= 11 is 2.71. The molecule has 1 fully saturated rings. The summed E-state index contributed by atoms with van der Waals surface area (Å²) < 4.78 is 5.02. The van der Waals surface area contributed by atoms with E-state index in [0.717, 1.165) is 16.0 Å². The molecule has 2 atom stereocenters. The van der Waals surface area contributed by atoms with E-state index in [1.54, 1.807) is 20.8 Å². The first-order chi connectivity index (χ1) is 16.5. The Morgan fingerprint density at radius 3 is 2.66 bits per heavy atom. The second kappa shape index (κ2) is 10.9. The Hall–Kier alpha value is -3.39. The summed E-state index contributed by atoms with van der Waals surface area (Å²) in [5, 5.41) is 19.7. The van der Waals surface area contributed by atoms with Crippen molar-refractivity contribution in [3.05, 3.63) is 33.7 Å². The van der Waals surface area contributed by atoms with Gasteiger partial charge in [-0.3, -0.25) is 19.3 Å². The van der Waals surface area contributed by atoms with Crippen molar-refractivity contribution in [2.24, 2.45) is 5.10 Å². The molecule has 14 heteroatoms. The molecule has 1 aromatic heterocycles. The van der Waals surface area contributed by atoms with Gasteiger partial charge in [-0.15, -0.1) is 23.1 Å². The second-order valence-corrected chi connectivity index (χ2v) is 10.7. The second-order valence-electron chi connectivity index (χ2n) is 8.54. The van der Waals surface area contributed by atoms with Crippen LogP contribution in [-0.2, 0) is 30.3 Å². The van der Waals surface area contributed by atoms with Crippen molar-refractivity contribution in [3.63, 3.8) is 0 Å². The molecule has 35 heavy (non-hydrogen) atoms. The van der Waals surface area contributed by atoms with Crippen LogP contribution in [-0.4, -0.2) is 75.3 Å². The molecule has 1 saturated heterocycles. The summed E-state index contributed by atoms with van der Waals surface area (Å²) in [6.45, 7) is 4.65. The number of alkyl carbamates (subject to hydrolysis) is 1. The average molecular weight is 524 g/mol. The van der Waals surface area contributed by atoms with E-state index in [2.05, 4.69) is 21.2 Å². The molecule has 0 radical (unpaired) electrons. The molecule has 4 N–H and O–H groups in total. The maximum absolute atomic E-state index is 12.7. The molecule has 2 aliphatic rings. The van der Waals surface area contributed by atoms with Crippen molar-refractivity contribution in [1.82, 2.24) is 21.0 Å².